The number of aryl methyl sites for hydroxylation is 1. The molecule has 1 heterocycles. The molecule has 0 aliphatic carbocycles. The van der Waals surface area contributed by atoms with Gasteiger partial charge in [-0.3, -0.25) is 0 Å². The first-order valence-corrected chi connectivity index (χ1v) is 4.93. The zero-order valence-electron chi connectivity index (χ0n) is 8.91. The molecule has 0 bridgehead atoms. The van der Waals surface area contributed by atoms with E-state index in [0.717, 1.165) is 11.5 Å². The number of hydrogen-bond acceptors (Lipinski definition) is 1. The lowest BCUT2D eigenvalue weighted by Crippen LogP contribution is -1.76. The summed E-state index contributed by atoms with van der Waals surface area (Å²) in [6.45, 7) is 5.95. The van der Waals surface area contributed by atoms with E-state index in [0.29, 0.717) is 0 Å². The average molecular weight is 188 g/mol. The zero-order chi connectivity index (χ0) is 10.4. The molecule has 0 unspecified atom stereocenters. The van der Waals surface area contributed by atoms with E-state index in [1.807, 2.05) is 45.2 Å². The van der Waals surface area contributed by atoms with Gasteiger partial charge in [-0.1, -0.05) is 44.2 Å². The Kier molecular flexibility index (Phi) is 3.92. The van der Waals surface area contributed by atoms with E-state index in [1.54, 1.807) is 0 Å². The highest BCUT2D eigenvalue weighted by molar-refractivity contribution is 5.57. The van der Waals surface area contributed by atoms with Crippen molar-refractivity contribution in [3.63, 3.8) is 0 Å². The van der Waals surface area contributed by atoms with Crippen molar-refractivity contribution in [3.05, 3.63) is 42.4 Å². The number of imidazole rings is 1. The Hall–Kier alpha value is -1.57. The highest BCUT2D eigenvalue weighted by atomic mass is 14.9. The SMILES string of the molecule is CC.Cc1ncc(-c2ccccc2)[nH]1. The Labute approximate surface area is 85.0 Å². The second-order valence-electron chi connectivity index (χ2n) is 2.75. The summed E-state index contributed by atoms with van der Waals surface area (Å²) < 4.78 is 0. The number of nitrogens with zero attached hydrogens (tertiary/aromatic N) is 1. The molecular weight excluding hydrogens is 172 g/mol. The van der Waals surface area contributed by atoms with E-state index in [1.165, 1.54) is 5.56 Å². The van der Waals surface area contributed by atoms with Crippen LogP contribution in [0.3, 0.4) is 0 Å². The molecule has 2 rings (SSSR count). The van der Waals surface area contributed by atoms with E-state index in [2.05, 4.69) is 22.1 Å². The molecule has 74 valence electrons. The molecule has 0 fully saturated rings. The van der Waals surface area contributed by atoms with Crippen LogP contribution in [0.25, 0.3) is 11.3 Å². The third kappa shape index (κ3) is 2.46. The van der Waals surface area contributed by atoms with E-state index in [9.17, 15) is 0 Å². The summed E-state index contributed by atoms with van der Waals surface area (Å²) in [6.07, 6.45) is 1.85. The fraction of sp³-hybridized carbons (Fsp3) is 0.250. The van der Waals surface area contributed by atoms with Gasteiger partial charge in [0.2, 0.25) is 0 Å². The van der Waals surface area contributed by atoms with Gasteiger partial charge < -0.3 is 4.98 Å². The maximum Gasteiger partial charge on any atom is 0.103 e. The lowest BCUT2D eigenvalue weighted by Gasteiger charge is -1.94. The lowest BCUT2D eigenvalue weighted by molar-refractivity contribution is 1.15. The van der Waals surface area contributed by atoms with Crippen molar-refractivity contribution in [1.29, 1.82) is 0 Å². The molecule has 0 aliphatic rings. The Bertz CT molecular complexity index is 363. The summed E-state index contributed by atoms with van der Waals surface area (Å²) in [6, 6.07) is 10.2. The van der Waals surface area contributed by atoms with Crippen LogP contribution in [0, 0.1) is 6.92 Å². The van der Waals surface area contributed by atoms with Gasteiger partial charge in [-0.2, -0.15) is 0 Å². The van der Waals surface area contributed by atoms with Gasteiger partial charge in [0.25, 0.3) is 0 Å². The standard InChI is InChI=1S/C10H10N2.C2H6/c1-8-11-7-10(12-8)9-5-3-2-4-6-9;1-2/h2-7H,1H3,(H,11,12);1-2H3. The summed E-state index contributed by atoms with van der Waals surface area (Å²) in [5.74, 6) is 0.953. The molecule has 1 N–H and O–H groups in total. The van der Waals surface area contributed by atoms with Gasteiger partial charge in [0.05, 0.1) is 11.9 Å². The van der Waals surface area contributed by atoms with Crippen LogP contribution in [0.5, 0.6) is 0 Å². The van der Waals surface area contributed by atoms with Gasteiger partial charge in [0, 0.05) is 0 Å². The van der Waals surface area contributed by atoms with Gasteiger partial charge in [-0.25, -0.2) is 4.98 Å². The van der Waals surface area contributed by atoms with Crippen LogP contribution < -0.4 is 0 Å². The molecule has 0 radical (unpaired) electrons. The molecule has 0 atom stereocenters. The van der Waals surface area contributed by atoms with Crippen molar-refractivity contribution in [2.24, 2.45) is 0 Å². The van der Waals surface area contributed by atoms with Crippen LogP contribution in [0.1, 0.15) is 19.7 Å². The molecule has 14 heavy (non-hydrogen) atoms. The quantitative estimate of drug-likeness (QED) is 0.730. The van der Waals surface area contributed by atoms with Gasteiger partial charge in [0.1, 0.15) is 5.82 Å². The number of aromatic nitrogens is 2. The van der Waals surface area contributed by atoms with Crippen molar-refractivity contribution >= 4 is 0 Å². The molecule has 0 amide bonds. The highest BCUT2D eigenvalue weighted by Gasteiger charge is 1.97. The van der Waals surface area contributed by atoms with Gasteiger partial charge in [0.15, 0.2) is 0 Å². The van der Waals surface area contributed by atoms with Crippen molar-refractivity contribution in [2.75, 3.05) is 0 Å². The average Bonchev–Trinajstić information content (AvgIpc) is 2.69. The number of aromatic amines is 1. The fourth-order valence-corrected chi connectivity index (χ4v) is 1.19. The molecule has 2 nitrogen and oxygen atoms in total. The van der Waals surface area contributed by atoms with Crippen molar-refractivity contribution in [1.82, 2.24) is 9.97 Å². The number of rotatable bonds is 1. The normalized spacial score (nSPS) is 9.07. The summed E-state index contributed by atoms with van der Waals surface area (Å²) in [5, 5.41) is 0. The Balaban J connectivity index is 0.000000461. The molecule has 0 saturated heterocycles. The second-order valence-corrected chi connectivity index (χ2v) is 2.75. The molecular formula is C12H16N2. The smallest absolute Gasteiger partial charge is 0.103 e. The van der Waals surface area contributed by atoms with Crippen molar-refractivity contribution in [3.8, 4) is 11.3 Å². The summed E-state index contributed by atoms with van der Waals surface area (Å²) >= 11 is 0. The van der Waals surface area contributed by atoms with E-state index >= 15 is 0 Å². The van der Waals surface area contributed by atoms with Crippen LogP contribution >= 0.6 is 0 Å². The van der Waals surface area contributed by atoms with Crippen LogP contribution in [-0.4, -0.2) is 9.97 Å². The van der Waals surface area contributed by atoms with Crippen LogP contribution in [-0.2, 0) is 0 Å². The Morgan fingerprint density at radius 2 is 1.71 bits per heavy atom. The molecule has 1 aromatic carbocycles. The predicted octanol–water partition coefficient (Wildman–Crippen LogP) is 3.41. The first-order chi connectivity index (χ1) is 6.86. The largest absolute Gasteiger partial charge is 0.342 e. The molecule has 2 heteroatoms. The van der Waals surface area contributed by atoms with Gasteiger partial charge in [-0.15, -0.1) is 0 Å². The first kappa shape index (κ1) is 10.5. The summed E-state index contributed by atoms with van der Waals surface area (Å²) in [7, 11) is 0. The maximum absolute atomic E-state index is 4.14. The Morgan fingerprint density at radius 3 is 2.21 bits per heavy atom. The molecule has 0 aliphatic heterocycles. The monoisotopic (exact) mass is 188 g/mol. The number of nitrogens with one attached hydrogen (secondary N) is 1. The summed E-state index contributed by atoms with van der Waals surface area (Å²) in [4.78, 5) is 7.32. The lowest BCUT2D eigenvalue weighted by atomic mass is 10.2. The molecule has 1 aromatic heterocycles. The molecule has 0 spiro atoms. The maximum atomic E-state index is 4.14. The molecule has 2 aromatic rings. The predicted molar refractivity (Wildman–Crippen MR) is 60.1 cm³/mol. The van der Waals surface area contributed by atoms with Crippen molar-refractivity contribution in [2.45, 2.75) is 20.8 Å². The van der Waals surface area contributed by atoms with Gasteiger partial charge in [-0.05, 0) is 12.5 Å². The highest BCUT2D eigenvalue weighted by Crippen LogP contribution is 2.15. The van der Waals surface area contributed by atoms with Crippen LogP contribution in [0.4, 0.5) is 0 Å². The van der Waals surface area contributed by atoms with E-state index in [-0.39, 0.29) is 0 Å². The molecule has 0 saturated carbocycles. The van der Waals surface area contributed by atoms with Crippen molar-refractivity contribution < 1.29 is 0 Å². The minimum absolute atomic E-state index is 0.953. The van der Waals surface area contributed by atoms with E-state index in [4.69, 9.17) is 0 Å². The minimum atomic E-state index is 0.953. The van der Waals surface area contributed by atoms with Crippen LogP contribution in [0.2, 0.25) is 0 Å². The first-order valence-electron chi connectivity index (χ1n) is 4.93. The third-order valence-corrected chi connectivity index (χ3v) is 1.79. The Morgan fingerprint density at radius 1 is 1.07 bits per heavy atom. The second kappa shape index (κ2) is 5.22. The minimum Gasteiger partial charge on any atom is -0.342 e. The number of benzene rings is 1. The fourth-order valence-electron chi connectivity index (χ4n) is 1.19. The third-order valence-electron chi connectivity index (χ3n) is 1.79. The zero-order valence-corrected chi connectivity index (χ0v) is 8.91. The topological polar surface area (TPSA) is 28.7 Å². The summed E-state index contributed by atoms with van der Waals surface area (Å²) in [5.41, 5.74) is 2.26. The van der Waals surface area contributed by atoms with Gasteiger partial charge >= 0.3 is 0 Å². The van der Waals surface area contributed by atoms with E-state index < -0.39 is 0 Å². The number of H-pyrrole nitrogens is 1. The van der Waals surface area contributed by atoms with Crippen LogP contribution in [0.15, 0.2) is 36.5 Å². The number of hydrogen-bond donors (Lipinski definition) is 1.